The molecule has 0 spiro atoms. The molecule has 4 heterocycles. The number of hydrogen-bond acceptors (Lipinski definition) is 6. The van der Waals surface area contributed by atoms with Crippen LogP contribution in [0, 0.1) is 24.6 Å². The van der Waals surface area contributed by atoms with Crippen LogP contribution < -0.4 is 4.90 Å². The fourth-order valence-corrected chi connectivity index (χ4v) is 5.28. The zero-order valence-electron chi connectivity index (χ0n) is 20.8. The molecule has 36 heavy (non-hydrogen) atoms. The molecule has 2 fully saturated rings. The lowest BCUT2D eigenvalue weighted by Gasteiger charge is -2.37. The molecule has 0 saturated carbocycles. The third-order valence-corrected chi connectivity index (χ3v) is 7.27. The van der Waals surface area contributed by atoms with Crippen molar-refractivity contribution in [2.45, 2.75) is 39.5 Å². The van der Waals surface area contributed by atoms with Crippen LogP contribution in [-0.2, 0) is 14.3 Å². The zero-order chi connectivity index (χ0) is 25.2. The molecular weight excluding hydrogens is 461 g/mol. The number of amides is 1. The van der Waals surface area contributed by atoms with Gasteiger partial charge < -0.3 is 14.5 Å². The van der Waals surface area contributed by atoms with Crippen molar-refractivity contribution in [2.75, 3.05) is 37.7 Å². The van der Waals surface area contributed by atoms with Gasteiger partial charge in [0.25, 0.3) is 0 Å². The number of hydrogen-bond donors (Lipinski definition) is 0. The number of carbonyl (C=O) groups is 2. The van der Waals surface area contributed by atoms with Crippen molar-refractivity contribution >= 4 is 23.3 Å². The van der Waals surface area contributed by atoms with Gasteiger partial charge in [0.2, 0.25) is 5.91 Å². The summed E-state index contributed by atoms with van der Waals surface area (Å²) in [4.78, 5) is 34.0. The smallest absolute Gasteiger partial charge is 0.309 e. The number of aryl methyl sites for hydroxylation is 1. The molecule has 2 aromatic heterocycles. The maximum atomic E-state index is 13.4. The van der Waals surface area contributed by atoms with E-state index in [1.165, 1.54) is 12.1 Å². The number of fused-ring (bicyclic) bond motifs is 1. The Morgan fingerprint density at radius 2 is 1.67 bits per heavy atom. The lowest BCUT2D eigenvalue weighted by molar-refractivity contribution is -0.151. The molecule has 190 valence electrons. The van der Waals surface area contributed by atoms with E-state index >= 15 is 0 Å². The van der Waals surface area contributed by atoms with Gasteiger partial charge in [-0.1, -0.05) is 0 Å². The van der Waals surface area contributed by atoms with Gasteiger partial charge in [0, 0.05) is 55.5 Å². The second-order valence-corrected chi connectivity index (χ2v) is 9.68. The molecule has 9 heteroatoms. The van der Waals surface area contributed by atoms with Gasteiger partial charge in [-0.25, -0.2) is 9.37 Å². The maximum absolute atomic E-state index is 13.4. The molecule has 1 aromatic carbocycles. The SMILES string of the molecule is CCOC(=O)C1CCN(C(=O)C2CCN(c3cc(C)nc4cc(-c5ccc(F)cc5)nn34)CC2)CC1. The van der Waals surface area contributed by atoms with Gasteiger partial charge in [-0.05, 0) is 63.8 Å². The Hall–Kier alpha value is -3.49. The van der Waals surface area contributed by atoms with E-state index in [9.17, 15) is 14.0 Å². The number of aromatic nitrogens is 3. The average molecular weight is 494 g/mol. The number of nitrogens with zero attached hydrogens (tertiary/aromatic N) is 5. The summed E-state index contributed by atoms with van der Waals surface area (Å²) in [5, 5.41) is 4.77. The highest BCUT2D eigenvalue weighted by atomic mass is 19.1. The number of benzene rings is 1. The van der Waals surface area contributed by atoms with Gasteiger partial charge in [-0.15, -0.1) is 0 Å². The third-order valence-electron chi connectivity index (χ3n) is 7.27. The highest BCUT2D eigenvalue weighted by molar-refractivity contribution is 5.80. The standard InChI is InChI=1S/C27H32FN5O3/c1-3-36-27(35)21-10-14-32(15-11-21)26(34)20-8-12-31(13-9-20)25-16-18(2)29-24-17-23(30-33(24)25)19-4-6-22(28)7-5-19/h4-7,16-17,20-21H,3,8-15H2,1-2H3. The van der Waals surface area contributed by atoms with E-state index < -0.39 is 0 Å². The van der Waals surface area contributed by atoms with Crippen LogP contribution in [0.25, 0.3) is 16.9 Å². The van der Waals surface area contributed by atoms with Gasteiger partial charge >= 0.3 is 5.97 Å². The van der Waals surface area contributed by atoms with Crippen LogP contribution in [0.5, 0.6) is 0 Å². The van der Waals surface area contributed by atoms with Gasteiger partial charge in [0.15, 0.2) is 5.65 Å². The van der Waals surface area contributed by atoms with Crippen LogP contribution >= 0.6 is 0 Å². The Bertz CT molecular complexity index is 1240. The lowest BCUT2D eigenvalue weighted by atomic mass is 9.92. The highest BCUT2D eigenvalue weighted by Gasteiger charge is 2.33. The van der Waals surface area contributed by atoms with Gasteiger partial charge in [0.1, 0.15) is 11.6 Å². The number of esters is 1. The fraction of sp³-hybridized carbons (Fsp3) is 0.481. The summed E-state index contributed by atoms with van der Waals surface area (Å²) in [5.41, 5.74) is 3.21. The summed E-state index contributed by atoms with van der Waals surface area (Å²) in [6.45, 7) is 6.91. The molecule has 3 aromatic rings. The summed E-state index contributed by atoms with van der Waals surface area (Å²) in [5.74, 6) is 0.627. The van der Waals surface area contributed by atoms with Crippen molar-refractivity contribution in [3.63, 3.8) is 0 Å². The van der Waals surface area contributed by atoms with E-state index in [1.807, 2.05) is 35.4 Å². The number of likely N-dealkylation sites (tertiary alicyclic amines) is 1. The molecular formula is C27H32FN5O3. The molecule has 2 aliphatic heterocycles. The molecule has 0 radical (unpaired) electrons. The lowest BCUT2D eigenvalue weighted by Crippen LogP contribution is -2.46. The van der Waals surface area contributed by atoms with Crippen molar-refractivity contribution in [1.82, 2.24) is 19.5 Å². The first-order valence-electron chi connectivity index (χ1n) is 12.8. The normalized spacial score (nSPS) is 17.5. The second kappa shape index (κ2) is 10.2. The van der Waals surface area contributed by atoms with E-state index in [0.29, 0.717) is 32.5 Å². The molecule has 0 N–H and O–H groups in total. The molecule has 0 unspecified atom stereocenters. The van der Waals surface area contributed by atoms with Gasteiger partial charge in [-0.2, -0.15) is 9.61 Å². The maximum Gasteiger partial charge on any atom is 0.309 e. The molecule has 0 aliphatic carbocycles. The summed E-state index contributed by atoms with van der Waals surface area (Å²) < 4.78 is 20.3. The number of rotatable bonds is 5. The second-order valence-electron chi connectivity index (χ2n) is 9.68. The van der Waals surface area contributed by atoms with Crippen molar-refractivity contribution in [3.05, 3.63) is 47.9 Å². The highest BCUT2D eigenvalue weighted by Crippen LogP contribution is 2.29. The monoisotopic (exact) mass is 493 g/mol. The van der Waals surface area contributed by atoms with Crippen LogP contribution in [0.1, 0.15) is 38.3 Å². The minimum absolute atomic E-state index is 0.00813. The van der Waals surface area contributed by atoms with Crippen molar-refractivity contribution in [3.8, 4) is 11.3 Å². The minimum atomic E-state index is -0.280. The number of anilines is 1. The summed E-state index contributed by atoms with van der Waals surface area (Å²) >= 11 is 0. The molecule has 5 rings (SSSR count). The third kappa shape index (κ3) is 4.92. The number of ether oxygens (including phenoxy) is 1. The number of piperidine rings is 2. The largest absolute Gasteiger partial charge is 0.466 e. The van der Waals surface area contributed by atoms with Crippen molar-refractivity contribution < 1.29 is 18.7 Å². The first-order valence-corrected chi connectivity index (χ1v) is 12.8. The molecule has 2 saturated heterocycles. The van der Waals surface area contributed by atoms with Crippen LogP contribution in [0.2, 0.25) is 0 Å². The number of carbonyl (C=O) groups excluding carboxylic acids is 2. The Labute approximate surface area is 210 Å². The van der Waals surface area contributed by atoms with Gasteiger partial charge in [-0.3, -0.25) is 9.59 Å². The van der Waals surface area contributed by atoms with E-state index in [0.717, 1.165) is 54.3 Å². The van der Waals surface area contributed by atoms with Crippen LogP contribution in [-0.4, -0.2) is 64.2 Å². The predicted octanol–water partition coefficient (Wildman–Crippen LogP) is 3.86. The first-order chi connectivity index (χ1) is 17.4. The summed E-state index contributed by atoms with van der Waals surface area (Å²) in [6.07, 6.45) is 2.89. The molecule has 1 amide bonds. The molecule has 8 nitrogen and oxygen atoms in total. The summed E-state index contributed by atoms with van der Waals surface area (Å²) in [7, 11) is 0. The van der Waals surface area contributed by atoms with Crippen molar-refractivity contribution in [2.24, 2.45) is 11.8 Å². The van der Waals surface area contributed by atoms with E-state index in [2.05, 4.69) is 9.88 Å². The van der Waals surface area contributed by atoms with Crippen LogP contribution in [0.15, 0.2) is 36.4 Å². The minimum Gasteiger partial charge on any atom is -0.466 e. The summed E-state index contributed by atoms with van der Waals surface area (Å²) in [6, 6.07) is 10.2. The Balaban J connectivity index is 1.25. The Morgan fingerprint density at radius 1 is 1.00 bits per heavy atom. The Kier molecular flexibility index (Phi) is 6.89. The topological polar surface area (TPSA) is 80.0 Å². The van der Waals surface area contributed by atoms with E-state index in [4.69, 9.17) is 9.84 Å². The van der Waals surface area contributed by atoms with Crippen LogP contribution in [0.3, 0.4) is 0 Å². The molecule has 2 aliphatic rings. The van der Waals surface area contributed by atoms with E-state index in [1.54, 1.807) is 12.1 Å². The zero-order valence-corrected chi connectivity index (χ0v) is 20.8. The Morgan fingerprint density at radius 3 is 2.33 bits per heavy atom. The fourth-order valence-electron chi connectivity index (χ4n) is 5.28. The quantitative estimate of drug-likeness (QED) is 0.502. The predicted molar refractivity (Wildman–Crippen MR) is 134 cm³/mol. The number of halogens is 1. The average Bonchev–Trinajstić information content (AvgIpc) is 3.32. The van der Waals surface area contributed by atoms with Crippen LogP contribution in [0.4, 0.5) is 10.2 Å². The van der Waals surface area contributed by atoms with Gasteiger partial charge in [0.05, 0.1) is 18.2 Å². The van der Waals surface area contributed by atoms with E-state index in [-0.39, 0.29) is 29.5 Å². The van der Waals surface area contributed by atoms with Crippen molar-refractivity contribution in [1.29, 1.82) is 0 Å². The first kappa shape index (κ1) is 24.2. The molecule has 0 atom stereocenters. The molecule has 0 bridgehead atoms.